The summed E-state index contributed by atoms with van der Waals surface area (Å²) in [5.74, 6) is -0.805. The number of hydrogen-bond donors (Lipinski definition) is 1. The molecule has 8 heteroatoms. The predicted octanol–water partition coefficient (Wildman–Crippen LogP) is 2.71. The maximum atomic E-state index is 12.0. The molecule has 22 heavy (non-hydrogen) atoms. The maximum Gasteiger partial charge on any atom is 0.305 e. The topological polar surface area (TPSA) is 98.5 Å². The fourth-order valence-corrected chi connectivity index (χ4v) is 1.99. The molecule has 120 valence electrons. The van der Waals surface area contributed by atoms with Crippen LogP contribution in [0.3, 0.4) is 0 Å². The van der Waals surface area contributed by atoms with Gasteiger partial charge in [0.05, 0.1) is 12.0 Å². The third-order valence-corrected chi connectivity index (χ3v) is 3.21. The smallest absolute Gasteiger partial charge is 0.305 e. The second-order valence-electron chi connectivity index (χ2n) is 4.56. The molecule has 7 nitrogen and oxygen atoms in total. The molecule has 0 aliphatic heterocycles. The third-order valence-electron chi connectivity index (χ3n) is 2.97. The average Bonchev–Trinajstić information content (AvgIpc) is 2.49. The van der Waals surface area contributed by atoms with Gasteiger partial charge in [-0.1, -0.05) is 18.0 Å². The van der Waals surface area contributed by atoms with Gasteiger partial charge in [-0.2, -0.15) is 0 Å². The Balaban J connectivity index is 2.44. The predicted molar refractivity (Wildman–Crippen MR) is 80.9 cm³/mol. The van der Waals surface area contributed by atoms with Crippen LogP contribution in [0, 0.1) is 10.1 Å². The molecule has 0 fully saturated rings. The van der Waals surface area contributed by atoms with Crippen molar-refractivity contribution in [1.29, 1.82) is 0 Å². The molecule has 0 aliphatic rings. The highest BCUT2D eigenvalue weighted by atomic mass is 35.5. The van der Waals surface area contributed by atoms with Crippen molar-refractivity contribution in [2.24, 2.45) is 0 Å². The highest BCUT2D eigenvalue weighted by Gasteiger charge is 2.19. The van der Waals surface area contributed by atoms with Crippen molar-refractivity contribution >= 4 is 29.2 Å². The number of rotatable bonds is 8. The van der Waals surface area contributed by atoms with Crippen LogP contribution in [0.15, 0.2) is 18.2 Å². The van der Waals surface area contributed by atoms with Gasteiger partial charge in [-0.25, -0.2) is 0 Å². The number of nitro benzene ring substituents is 1. The summed E-state index contributed by atoms with van der Waals surface area (Å²) >= 11 is 5.77. The standard InChI is InChI=1S/C14H17ClN2O5/c1-22-13(18)5-3-2-4-8-16-14(19)11-9-10(15)6-7-12(11)17(20)21/h6-7,9H,2-5,8H2,1H3,(H,16,19). The monoisotopic (exact) mass is 328 g/mol. The first kappa shape index (κ1) is 17.9. The van der Waals surface area contributed by atoms with Crippen LogP contribution in [0.5, 0.6) is 0 Å². The summed E-state index contributed by atoms with van der Waals surface area (Å²) in [6.45, 7) is 0.365. The van der Waals surface area contributed by atoms with Gasteiger partial charge in [-0.15, -0.1) is 0 Å². The Morgan fingerprint density at radius 2 is 2.05 bits per heavy atom. The van der Waals surface area contributed by atoms with E-state index in [2.05, 4.69) is 10.1 Å². The van der Waals surface area contributed by atoms with Crippen molar-refractivity contribution in [1.82, 2.24) is 5.32 Å². The van der Waals surface area contributed by atoms with Crippen molar-refractivity contribution in [3.05, 3.63) is 38.9 Å². The normalized spacial score (nSPS) is 10.1. The lowest BCUT2D eigenvalue weighted by Gasteiger charge is -2.06. The molecule has 1 aromatic rings. The van der Waals surface area contributed by atoms with Gasteiger partial charge in [0.25, 0.3) is 11.6 Å². The average molecular weight is 329 g/mol. The van der Waals surface area contributed by atoms with Crippen molar-refractivity contribution in [3.63, 3.8) is 0 Å². The molecule has 1 amide bonds. The summed E-state index contributed by atoms with van der Waals surface area (Å²) in [4.78, 5) is 33.1. The minimum Gasteiger partial charge on any atom is -0.469 e. The summed E-state index contributed by atoms with van der Waals surface area (Å²) in [7, 11) is 1.33. The van der Waals surface area contributed by atoms with E-state index < -0.39 is 10.8 Å². The number of carbonyl (C=O) groups is 2. The number of nitrogens with one attached hydrogen (secondary N) is 1. The second kappa shape index (κ2) is 8.99. The molecule has 0 unspecified atom stereocenters. The van der Waals surface area contributed by atoms with Crippen LogP contribution in [0.25, 0.3) is 0 Å². The van der Waals surface area contributed by atoms with Crippen molar-refractivity contribution < 1.29 is 19.2 Å². The lowest BCUT2D eigenvalue weighted by atomic mass is 10.1. The Kier molecular flexibility index (Phi) is 7.31. The minimum absolute atomic E-state index is 0.0629. The highest BCUT2D eigenvalue weighted by molar-refractivity contribution is 6.31. The van der Waals surface area contributed by atoms with E-state index in [0.29, 0.717) is 25.8 Å². The molecule has 0 saturated carbocycles. The second-order valence-corrected chi connectivity index (χ2v) is 5.00. The number of hydrogen-bond acceptors (Lipinski definition) is 5. The molecular formula is C14H17ClN2O5. The number of amides is 1. The van der Waals surface area contributed by atoms with Gasteiger partial charge < -0.3 is 10.1 Å². The third kappa shape index (κ3) is 5.69. The molecule has 0 bridgehead atoms. The Hall–Kier alpha value is -2.15. The van der Waals surface area contributed by atoms with Gasteiger partial charge in [0.2, 0.25) is 0 Å². The molecule has 1 rings (SSSR count). The molecule has 0 heterocycles. The molecule has 0 atom stereocenters. The number of unbranched alkanes of at least 4 members (excludes halogenated alkanes) is 2. The number of ether oxygens (including phenoxy) is 1. The Morgan fingerprint density at radius 1 is 1.32 bits per heavy atom. The van der Waals surface area contributed by atoms with Crippen LogP contribution in [-0.2, 0) is 9.53 Å². The van der Waals surface area contributed by atoms with Crippen molar-refractivity contribution in [2.45, 2.75) is 25.7 Å². The van der Waals surface area contributed by atoms with E-state index in [1.54, 1.807) is 0 Å². The maximum absolute atomic E-state index is 12.0. The van der Waals surface area contributed by atoms with Crippen molar-refractivity contribution in [2.75, 3.05) is 13.7 Å². The number of halogens is 1. The van der Waals surface area contributed by atoms with E-state index in [9.17, 15) is 19.7 Å². The molecule has 0 saturated heterocycles. The Labute approximate surface area is 132 Å². The van der Waals surface area contributed by atoms with Crippen LogP contribution in [0.4, 0.5) is 5.69 Å². The van der Waals surface area contributed by atoms with Crippen LogP contribution in [-0.4, -0.2) is 30.5 Å². The van der Waals surface area contributed by atoms with E-state index in [-0.39, 0.29) is 22.2 Å². The van der Waals surface area contributed by atoms with E-state index in [4.69, 9.17) is 11.6 Å². The van der Waals surface area contributed by atoms with E-state index >= 15 is 0 Å². The zero-order chi connectivity index (χ0) is 16.5. The first-order chi connectivity index (χ1) is 10.5. The van der Waals surface area contributed by atoms with Crippen LogP contribution >= 0.6 is 11.6 Å². The van der Waals surface area contributed by atoms with Crippen molar-refractivity contribution in [3.8, 4) is 0 Å². The molecule has 0 spiro atoms. The molecular weight excluding hydrogens is 312 g/mol. The van der Waals surface area contributed by atoms with Gasteiger partial charge in [-0.3, -0.25) is 19.7 Å². The van der Waals surface area contributed by atoms with E-state index in [1.807, 2.05) is 0 Å². The summed E-state index contributed by atoms with van der Waals surface area (Å²) < 4.78 is 4.51. The first-order valence-electron chi connectivity index (χ1n) is 6.74. The SMILES string of the molecule is COC(=O)CCCCCNC(=O)c1cc(Cl)ccc1[N+](=O)[O-]. The lowest BCUT2D eigenvalue weighted by Crippen LogP contribution is -2.25. The summed E-state index contributed by atoms with van der Waals surface area (Å²) in [6, 6.07) is 3.84. The highest BCUT2D eigenvalue weighted by Crippen LogP contribution is 2.22. The van der Waals surface area contributed by atoms with E-state index in [0.717, 1.165) is 6.42 Å². The molecule has 0 aromatic heterocycles. The summed E-state index contributed by atoms with van der Waals surface area (Å²) in [6.07, 6.45) is 2.41. The first-order valence-corrected chi connectivity index (χ1v) is 7.12. The zero-order valence-corrected chi connectivity index (χ0v) is 12.9. The molecule has 0 radical (unpaired) electrons. The fourth-order valence-electron chi connectivity index (χ4n) is 1.82. The molecule has 1 aromatic carbocycles. The van der Waals surface area contributed by atoms with E-state index in [1.165, 1.54) is 25.3 Å². The number of carbonyl (C=O) groups excluding carboxylic acids is 2. The Morgan fingerprint density at radius 3 is 2.68 bits per heavy atom. The number of nitro groups is 1. The van der Waals surface area contributed by atoms with Gasteiger partial charge >= 0.3 is 5.97 Å². The van der Waals surface area contributed by atoms with Crippen LogP contribution < -0.4 is 5.32 Å². The largest absolute Gasteiger partial charge is 0.469 e. The number of methoxy groups -OCH3 is 1. The van der Waals surface area contributed by atoms with Gasteiger partial charge in [0, 0.05) is 24.1 Å². The van der Waals surface area contributed by atoms with Gasteiger partial charge in [0.15, 0.2) is 0 Å². The number of esters is 1. The Bertz CT molecular complexity index is 562. The minimum atomic E-state index is -0.623. The number of benzene rings is 1. The summed E-state index contributed by atoms with van der Waals surface area (Å²) in [5, 5.41) is 13.7. The quantitative estimate of drug-likeness (QED) is 0.342. The lowest BCUT2D eigenvalue weighted by molar-refractivity contribution is -0.385. The molecule has 1 N–H and O–H groups in total. The zero-order valence-electron chi connectivity index (χ0n) is 12.1. The fraction of sp³-hybridized carbons (Fsp3) is 0.429. The van der Waals surface area contributed by atoms with Crippen LogP contribution in [0.1, 0.15) is 36.0 Å². The van der Waals surface area contributed by atoms with Gasteiger partial charge in [-0.05, 0) is 25.0 Å². The number of nitrogens with zero attached hydrogens (tertiary/aromatic N) is 1. The van der Waals surface area contributed by atoms with Crippen LogP contribution in [0.2, 0.25) is 5.02 Å². The van der Waals surface area contributed by atoms with Gasteiger partial charge in [0.1, 0.15) is 5.56 Å². The molecule has 0 aliphatic carbocycles. The summed E-state index contributed by atoms with van der Waals surface area (Å²) in [5.41, 5.74) is -0.348.